The van der Waals surface area contributed by atoms with Crippen LogP contribution in [0, 0.1) is 0 Å². The molecule has 0 saturated heterocycles. The molecule has 0 fully saturated rings. The number of likely N-dealkylation sites (N-methyl/N-ethyl adjacent to an activating group) is 1. The first-order valence-corrected chi connectivity index (χ1v) is 7.18. The zero-order valence-corrected chi connectivity index (χ0v) is 13.2. The van der Waals surface area contributed by atoms with Gasteiger partial charge in [0.1, 0.15) is 17.4 Å². The van der Waals surface area contributed by atoms with Crippen LogP contribution in [-0.4, -0.2) is 18.1 Å². The van der Waals surface area contributed by atoms with Crippen LogP contribution in [0.25, 0.3) is 0 Å². The van der Waals surface area contributed by atoms with Crippen molar-refractivity contribution in [3.8, 4) is 5.75 Å². The Hall–Kier alpha value is -1.07. The molecule has 1 unspecified atom stereocenters. The van der Waals surface area contributed by atoms with Crippen LogP contribution in [0.2, 0.25) is 0 Å². The monoisotopic (exact) mass is 326 g/mol. The Balaban J connectivity index is 2.36. The molecule has 0 saturated carbocycles. The molecule has 19 heavy (non-hydrogen) atoms. The minimum atomic E-state index is -0.278. The third-order valence-electron chi connectivity index (χ3n) is 2.76. The van der Waals surface area contributed by atoms with E-state index in [0.717, 1.165) is 28.0 Å². The maximum atomic E-state index is 11.9. The summed E-state index contributed by atoms with van der Waals surface area (Å²) in [7, 11) is 0. The third-order valence-corrected chi connectivity index (χ3v) is 3.38. The quantitative estimate of drug-likeness (QED) is 0.896. The van der Waals surface area contributed by atoms with Crippen LogP contribution < -0.4 is 15.4 Å². The highest BCUT2D eigenvalue weighted by Crippen LogP contribution is 2.39. The van der Waals surface area contributed by atoms with Crippen molar-refractivity contribution in [3.63, 3.8) is 0 Å². The number of hydrogen-bond acceptors (Lipinski definition) is 3. The summed E-state index contributed by atoms with van der Waals surface area (Å²) >= 11 is 3.51. The van der Waals surface area contributed by atoms with Crippen molar-refractivity contribution in [2.45, 2.75) is 39.3 Å². The van der Waals surface area contributed by atoms with Gasteiger partial charge in [-0.25, -0.2) is 0 Å². The van der Waals surface area contributed by atoms with Crippen molar-refractivity contribution in [1.82, 2.24) is 5.32 Å². The molecule has 1 aliphatic heterocycles. The maximum absolute atomic E-state index is 11.9. The second kappa shape index (κ2) is 5.13. The van der Waals surface area contributed by atoms with Gasteiger partial charge in [0.15, 0.2) is 0 Å². The Bertz CT molecular complexity index is 509. The maximum Gasteiger partial charge on any atom is 0.246 e. The SMILES string of the molecule is CCNC1C(=O)Nc2cc(OC(C)(C)C)c(Br)cc21. The summed E-state index contributed by atoms with van der Waals surface area (Å²) in [6.07, 6.45) is 0. The summed E-state index contributed by atoms with van der Waals surface area (Å²) < 4.78 is 6.73. The summed E-state index contributed by atoms with van der Waals surface area (Å²) in [5, 5.41) is 6.06. The van der Waals surface area contributed by atoms with E-state index >= 15 is 0 Å². The van der Waals surface area contributed by atoms with Gasteiger partial charge in [-0.1, -0.05) is 6.92 Å². The van der Waals surface area contributed by atoms with Crippen LogP contribution in [-0.2, 0) is 4.79 Å². The number of rotatable bonds is 3. The molecule has 1 atom stereocenters. The highest BCUT2D eigenvalue weighted by atomic mass is 79.9. The Labute approximate surface area is 122 Å². The van der Waals surface area contributed by atoms with Crippen molar-refractivity contribution >= 4 is 27.5 Å². The summed E-state index contributed by atoms with van der Waals surface area (Å²) in [6.45, 7) is 8.71. The van der Waals surface area contributed by atoms with Gasteiger partial charge >= 0.3 is 0 Å². The van der Waals surface area contributed by atoms with E-state index in [-0.39, 0.29) is 17.6 Å². The summed E-state index contributed by atoms with van der Waals surface area (Å²) in [4.78, 5) is 11.9. The van der Waals surface area contributed by atoms with Gasteiger partial charge in [0, 0.05) is 17.3 Å². The van der Waals surface area contributed by atoms with E-state index in [2.05, 4.69) is 26.6 Å². The first kappa shape index (κ1) is 14.3. The molecule has 1 heterocycles. The van der Waals surface area contributed by atoms with Crippen LogP contribution in [0.15, 0.2) is 16.6 Å². The van der Waals surface area contributed by atoms with Crippen molar-refractivity contribution in [2.24, 2.45) is 0 Å². The van der Waals surface area contributed by atoms with Crippen LogP contribution in [0.3, 0.4) is 0 Å². The number of benzene rings is 1. The molecule has 0 radical (unpaired) electrons. The van der Waals surface area contributed by atoms with Crippen molar-refractivity contribution < 1.29 is 9.53 Å². The smallest absolute Gasteiger partial charge is 0.246 e. The van der Waals surface area contributed by atoms with Crippen molar-refractivity contribution in [3.05, 3.63) is 22.2 Å². The molecular formula is C14H19BrN2O2. The van der Waals surface area contributed by atoms with Crippen LogP contribution in [0.5, 0.6) is 5.75 Å². The molecule has 1 aliphatic rings. The van der Waals surface area contributed by atoms with Gasteiger partial charge in [0.25, 0.3) is 0 Å². The lowest BCUT2D eigenvalue weighted by Gasteiger charge is -2.23. The molecule has 104 valence electrons. The summed E-state index contributed by atoms with van der Waals surface area (Å²) in [5.41, 5.74) is 1.50. The van der Waals surface area contributed by atoms with Gasteiger partial charge in [0.05, 0.1) is 4.47 Å². The number of ether oxygens (including phenoxy) is 1. The van der Waals surface area contributed by atoms with Gasteiger partial charge in [-0.15, -0.1) is 0 Å². The topological polar surface area (TPSA) is 50.4 Å². The molecule has 0 spiro atoms. The predicted molar refractivity (Wildman–Crippen MR) is 79.6 cm³/mol. The zero-order valence-electron chi connectivity index (χ0n) is 11.6. The van der Waals surface area contributed by atoms with E-state index in [4.69, 9.17) is 4.74 Å². The Morgan fingerprint density at radius 3 is 2.68 bits per heavy atom. The molecule has 1 aromatic carbocycles. The zero-order chi connectivity index (χ0) is 14.2. The number of hydrogen-bond donors (Lipinski definition) is 2. The largest absolute Gasteiger partial charge is 0.487 e. The van der Waals surface area contributed by atoms with Gasteiger partial charge < -0.3 is 15.4 Å². The number of nitrogens with one attached hydrogen (secondary N) is 2. The Kier molecular flexibility index (Phi) is 3.87. The minimum Gasteiger partial charge on any atom is -0.487 e. The third kappa shape index (κ3) is 3.09. The number of fused-ring (bicyclic) bond motifs is 1. The average Bonchev–Trinajstić information content (AvgIpc) is 2.55. The lowest BCUT2D eigenvalue weighted by atomic mass is 10.1. The number of amides is 1. The van der Waals surface area contributed by atoms with E-state index in [1.807, 2.05) is 39.8 Å². The first-order valence-electron chi connectivity index (χ1n) is 6.38. The normalized spacial score (nSPS) is 18.2. The molecule has 0 aliphatic carbocycles. The van der Waals surface area contributed by atoms with E-state index in [9.17, 15) is 4.79 Å². The highest BCUT2D eigenvalue weighted by Gasteiger charge is 2.31. The van der Waals surface area contributed by atoms with Crippen molar-refractivity contribution in [1.29, 1.82) is 0 Å². The van der Waals surface area contributed by atoms with Crippen LogP contribution >= 0.6 is 15.9 Å². The second-order valence-corrected chi connectivity index (χ2v) is 6.42. The predicted octanol–water partition coefficient (Wildman–Crippen LogP) is 3.23. The van der Waals surface area contributed by atoms with Gasteiger partial charge in [-0.3, -0.25) is 4.79 Å². The van der Waals surface area contributed by atoms with E-state index < -0.39 is 0 Å². The molecule has 0 aromatic heterocycles. The molecule has 5 heteroatoms. The molecule has 1 aromatic rings. The van der Waals surface area contributed by atoms with E-state index in [1.165, 1.54) is 0 Å². The molecular weight excluding hydrogens is 308 g/mol. The summed E-state index contributed by atoms with van der Waals surface area (Å²) in [5.74, 6) is 0.723. The summed E-state index contributed by atoms with van der Waals surface area (Å²) in [6, 6.07) is 3.54. The van der Waals surface area contributed by atoms with E-state index in [0.29, 0.717) is 0 Å². The minimum absolute atomic E-state index is 0.0170. The Morgan fingerprint density at radius 1 is 1.42 bits per heavy atom. The average molecular weight is 327 g/mol. The fraction of sp³-hybridized carbons (Fsp3) is 0.500. The first-order chi connectivity index (χ1) is 8.81. The molecule has 2 rings (SSSR count). The lowest BCUT2D eigenvalue weighted by molar-refractivity contribution is -0.117. The Morgan fingerprint density at radius 2 is 2.11 bits per heavy atom. The fourth-order valence-electron chi connectivity index (χ4n) is 2.08. The van der Waals surface area contributed by atoms with Crippen LogP contribution in [0.4, 0.5) is 5.69 Å². The molecule has 1 amide bonds. The lowest BCUT2D eigenvalue weighted by Crippen LogP contribution is -2.27. The fourth-order valence-corrected chi connectivity index (χ4v) is 2.52. The highest BCUT2D eigenvalue weighted by molar-refractivity contribution is 9.10. The van der Waals surface area contributed by atoms with Gasteiger partial charge in [0.2, 0.25) is 5.91 Å². The van der Waals surface area contributed by atoms with E-state index in [1.54, 1.807) is 0 Å². The van der Waals surface area contributed by atoms with Gasteiger partial charge in [-0.2, -0.15) is 0 Å². The number of carbonyl (C=O) groups is 1. The molecule has 4 nitrogen and oxygen atoms in total. The van der Waals surface area contributed by atoms with Crippen LogP contribution in [0.1, 0.15) is 39.3 Å². The van der Waals surface area contributed by atoms with Crippen molar-refractivity contribution in [2.75, 3.05) is 11.9 Å². The number of carbonyl (C=O) groups excluding carboxylic acids is 1. The second-order valence-electron chi connectivity index (χ2n) is 5.56. The molecule has 0 bridgehead atoms. The number of anilines is 1. The number of halogens is 1. The molecule has 2 N–H and O–H groups in total. The van der Waals surface area contributed by atoms with Gasteiger partial charge in [-0.05, 0) is 49.3 Å². The standard InChI is InChI=1S/C14H19BrN2O2/c1-5-16-12-8-6-9(15)11(19-14(2,3)4)7-10(8)17-13(12)18/h6-7,12,16H,5H2,1-4H3,(H,17,18).